The molecule has 6 nitrogen and oxygen atoms in total. The van der Waals surface area contributed by atoms with E-state index in [2.05, 4.69) is 27.5 Å². The van der Waals surface area contributed by atoms with Crippen molar-refractivity contribution >= 4 is 17.5 Å². The minimum absolute atomic E-state index is 0.257. The van der Waals surface area contributed by atoms with E-state index < -0.39 is 5.54 Å². The molecule has 0 bridgehead atoms. The molecule has 0 aromatic carbocycles. The van der Waals surface area contributed by atoms with E-state index in [0.29, 0.717) is 5.92 Å². The van der Waals surface area contributed by atoms with Gasteiger partial charge in [0, 0.05) is 30.5 Å². The van der Waals surface area contributed by atoms with Crippen molar-refractivity contribution in [1.29, 1.82) is 0 Å². The van der Waals surface area contributed by atoms with Crippen molar-refractivity contribution in [3.8, 4) is 0 Å². The Morgan fingerprint density at radius 2 is 2.05 bits per heavy atom. The number of rotatable bonds is 8. The van der Waals surface area contributed by atoms with Crippen LogP contribution in [0.5, 0.6) is 0 Å². The number of nitrogens with two attached hydrogens (primary N) is 1. The van der Waals surface area contributed by atoms with Crippen LogP contribution >= 0.6 is 0 Å². The Labute approximate surface area is 125 Å². The molecule has 0 atom stereocenters. The number of anilines is 2. The lowest BCUT2D eigenvalue weighted by Gasteiger charge is -2.26. The number of nitrogens with zero attached hydrogens (tertiary/aromatic N) is 2. The Morgan fingerprint density at radius 1 is 1.38 bits per heavy atom. The molecule has 116 valence electrons. The summed E-state index contributed by atoms with van der Waals surface area (Å²) >= 11 is 0. The number of hydrogen-bond acceptors (Lipinski definition) is 5. The summed E-state index contributed by atoms with van der Waals surface area (Å²) in [4.78, 5) is 20.3. The van der Waals surface area contributed by atoms with E-state index >= 15 is 0 Å². The van der Waals surface area contributed by atoms with Crippen LogP contribution in [0.3, 0.4) is 0 Å². The third-order valence-corrected chi connectivity index (χ3v) is 3.32. The Morgan fingerprint density at radius 3 is 2.62 bits per heavy atom. The van der Waals surface area contributed by atoms with E-state index in [1.807, 2.05) is 19.9 Å². The second-order valence-corrected chi connectivity index (χ2v) is 6.35. The minimum atomic E-state index is -0.428. The monoisotopic (exact) mass is 291 g/mol. The van der Waals surface area contributed by atoms with Gasteiger partial charge in [0.1, 0.15) is 17.5 Å². The summed E-state index contributed by atoms with van der Waals surface area (Å²) in [5.74, 6) is 2.62. The van der Waals surface area contributed by atoms with Gasteiger partial charge in [-0.3, -0.25) is 4.79 Å². The molecule has 1 fully saturated rings. The molecular formula is C15H25N5O. The highest BCUT2D eigenvalue weighted by atomic mass is 16.1. The average molecular weight is 291 g/mol. The Balaban J connectivity index is 2.16. The first-order valence-corrected chi connectivity index (χ1v) is 7.59. The minimum Gasteiger partial charge on any atom is -0.370 e. The summed E-state index contributed by atoms with van der Waals surface area (Å²) in [5.41, 5.74) is 4.86. The van der Waals surface area contributed by atoms with E-state index in [9.17, 15) is 4.79 Å². The van der Waals surface area contributed by atoms with Gasteiger partial charge in [0.05, 0.1) is 0 Å². The molecule has 0 unspecified atom stereocenters. The first kappa shape index (κ1) is 15.5. The predicted octanol–water partition coefficient (Wildman–Crippen LogP) is 2.24. The number of nitrogens with one attached hydrogen (secondary N) is 2. The predicted molar refractivity (Wildman–Crippen MR) is 84.3 cm³/mol. The summed E-state index contributed by atoms with van der Waals surface area (Å²) in [6.07, 6.45) is 3.61. The van der Waals surface area contributed by atoms with Crippen molar-refractivity contribution in [3.63, 3.8) is 0 Å². The highest BCUT2D eigenvalue weighted by Gasteiger charge is 2.28. The fourth-order valence-electron chi connectivity index (χ4n) is 2.22. The van der Waals surface area contributed by atoms with Gasteiger partial charge in [-0.25, -0.2) is 9.97 Å². The van der Waals surface area contributed by atoms with Gasteiger partial charge in [0.2, 0.25) is 5.91 Å². The number of amides is 1. The lowest BCUT2D eigenvalue weighted by atomic mass is 10.0. The Kier molecular flexibility index (Phi) is 4.65. The van der Waals surface area contributed by atoms with Gasteiger partial charge in [-0.1, -0.05) is 6.92 Å². The summed E-state index contributed by atoms with van der Waals surface area (Å²) in [6.45, 7) is 6.88. The van der Waals surface area contributed by atoms with Crippen molar-refractivity contribution in [3.05, 3.63) is 11.9 Å². The summed E-state index contributed by atoms with van der Waals surface area (Å²) in [7, 11) is 0. The lowest BCUT2D eigenvalue weighted by molar-refractivity contribution is -0.118. The molecule has 0 aliphatic heterocycles. The SMILES string of the molecule is CCCNc1cc(NC(C)(C)CC(N)=O)nc(C2CC2)n1. The maximum absolute atomic E-state index is 11.1. The summed E-state index contributed by atoms with van der Waals surface area (Å²) < 4.78 is 0. The number of primary amides is 1. The zero-order valence-corrected chi connectivity index (χ0v) is 13.1. The van der Waals surface area contributed by atoms with Crippen molar-refractivity contribution in [1.82, 2.24) is 9.97 Å². The number of carbonyl (C=O) groups is 1. The number of aromatic nitrogens is 2. The lowest BCUT2D eigenvalue weighted by Crippen LogP contribution is -2.36. The first-order chi connectivity index (χ1) is 9.89. The molecule has 1 aromatic rings. The molecule has 1 aliphatic rings. The average Bonchev–Trinajstić information content (AvgIpc) is 3.17. The van der Waals surface area contributed by atoms with Crippen LogP contribution in [-0.2, 0) is 4.79 Å². The van der Waals surface area contributed by atoms with Gasteiger partial charge in [-0.2, -0.15) is 0 Å². The molecule has 0 saturated heterocycles. The molecule has 4 N–H and O–H groups in total. The molecule has 1 amide bonds. The summed E-state index contributed by atoms with van der Waals surface area (Å²) in [5, 5.41) is 6.60. The fourth-order valence-corrected chi connectivity index (χ4v) is 2.22. The van der Waals surface area contributed by atoms with Crippen LogP contribution in [0.2, 0.25) is 0 Å². The van der Waals surface area contributed by atoms with E-state index in [1.165, 1.54) is 0 Å². The Bertz CT molecular complexity index is 511. The van der Waals surface area contributed by atoms with E-state index in [-0.39, 0.29) is 12.3 Å². The Hall–Kier alpha value is -1.85. The quantitative estimate of drug-likeness (QED) is 0.683. The molecule has 21 heavy (non-hydrogen) atoms. The molecular weight excluding hydrogens is 266 g/mol. The van der Waals surface area contributed by atoms with Crippen LogP contribution in [-0.4, -0.2) is 28.0 Å². The smallest absolute Gasteiger partial charge is 0.219 e. The molecule has 2 rings (SSSR count). The third-order valence-electron chi connectivity index (χ3n) is 3.32. The molecule has 0 radical (unpaired) electrons. The molecule has 1 aromatic heterocycles. The van der Waals surface area contributed by atoms with Crippen molar-refractivity contribution in [2.24, 2.45) is 5.73 Å². The molecule has 0 spiro atoms. The first-order valence-electron chi connectivity index (χ1n) is 7.59. The van der Waals surface area contributed by atoms with Crippen LogP contribution in [0, 0.1) is 0 Å². The van der Waals surface area contributed by atoms with Gasteiger partial charge < -0.3 is 16.4 Å². The van der Waals surface area contributed by atoms with Crippen LogP contribution in [0.25, 0.3) is 0 Å². The normalized spacial score (nSPS) is 14.8. The van der Waals surface area contributed by atoms with Crippen molar-refractivity contribution in [2.75, 3.05) is 17.2 Å². The second-order valence-electron chi connectivity index (χ2n) is 6.35. The molecule has 1 aliphatic carbocycles. The van der Waals surface area contributed by atoms with Crippen LogP contribution in [0.15, 0.2) is 6.07 Å². The van der Waals surface area contributed by atoms with E-state index in [4.69, 9.17) is 5.73 Å². The molecule has 1 saturated carbocycles. The van der Waals surface area contributed by atoms with Crippen LogP contribution < -0.4 is 16.4 Å². The largest absolute Gasteiger partial charge is 0.370 e. The van der Waals surface area contributed by atoms with Gasteiger partial charge in [0.25, 0.3) is 0 Å². The zero-order chi connectivity index (χ0) is 15.5. The highest BCUT2D eigenvalue weighted by Crippen LogP contribution is 2.39. The molecule has 1 heterocycles. The number of hydrogen-bond donors (Lipinski definition) is 3. The number of carbonyl (C=O) groups excluding carboxylic acids is 1. The van der Waals surface area contributed by atoms with Gasteiger partial charge in [-0.05, 0) is 33.1 Å². The highest BCUT2D eigenvalue weighted by molar-refractivity contribution is 5.75. The third kappa shape index (κ3) is 4.88. The maximum atomic E-state index is 11.1. The van der Waals surface area contributed by atoms with Crippen molar-refractivity contribution in [2.45, 2.75) is 57.9 Å². The summed E-state index contributed by atoms with van der Waals surface area (Å²) in [6, 6.07) is 1.89. The van der Waals surface area contributed by atoms with E-state index in [0.717, 1.165) is 43.3 Å². The van der Waals surface area contributed by atoms with Crippen molar-refractivity contribution < 1.29 is 4.79 Å². The van der Waals surface area contributed by atoms with Crippen LogP contribution in [0.4, 0.5) is 11.6 Å². The maximum Gasteiger partial charge on any atom is 0.219 e. The standard InChI is InChI=1S/C15H25N5O/c1-4-7-17-12-8-13(19-14(18-12)10-5-6-10)20-15(2,3)9-11(16)21/h8,10H,4-7,9H2,1-3H3,(H2,16,21)(H2,17,18,19,20). The van der Waals surface area contributed by atoms with Gasteiger partial charge in [0.15, 0.2) is 0 Å². The van der Waals surface area contributed by atoms with E-state index in [1.54, 1.807) is 0 Å². The second kappa shape index (κ2) is 6.28. The molecule has 6 heteroatoms. The van der Waals surface area contributed by atoms with Gasteiger partial charge >= 0.3 is 0 Å². The topological polar surface area (TPSA) is 92.9 Å². The van der Waals surface area contributed by atoms with Crippen LogP contribution in [0.1, 0.15) is 58.2 Å². The zero-order valence-electron chi connectivity index (χ0n) is 13.1. The van der Waals surface area contributed by atoms with Gasteiger partial charge in [-0.15, -0.1) is 0 Å². The fraction of sp³-hybridized carbons (Fsp3) is 0.667.